The molecule has 4 nitrogen and oxygen atoms in total. The SMILES string of the molecule is CC(C)(C)c1ccc(N(c2ccc3c4ccccc4n(-c4ccccc4)c3c2)c2cc3c(c4c2oc2ccccc24)-c2ccccc2C32c3ccccc3Oc3ccccc32)cc1. The molecule has 0 saturated carbocycles. The molecule has 0 bridgehead atoms. The van der Waals surface area contributed by atoms with Gasteiger partial charge in [0.05, 0.1) is 22.1 Å². The number of hydrogen-bond donors (Lipinski definition) is 0. The van der Waals surface area contributed by atoms with Crippen LogP contribution in [0.5, 0.6) is 11.5 Å². The maximum atomic E-state index is 7.20. The summed E-state index contributed by atoms with van der Waals surface area (Å²) in [4.78, 5) is 2.43. The van der Waals surface area contributed by atoms with E-state index < -0.39 is 5.41 Å². The summed E-state index contributed by atoms with van der Waals surface area (Å²) in [5.41, 5.74) is 15.9. The van der Waals surface area contributed by atoms with Crippen LogP contribution >= 0.6 is 0 Å². The first-order valence-corrected chi connectivity index (χ1v) is 21.8. The highest BCUT2D eigenvalue weighted by molar-refractivity contribution is 6.20. The van der Waals surface area contributed by atoms with Crippen LogP contribution in [-0.2, 0) is 10.8 Å². The van der Waals surface area contributed by atoms with Gasteiger partial charge in [-0.2, -0.15) is 0 Å². The van der Waals surface area contributed by atoms with Gasteiger partial charge in [-0.15, -0.1) is 0 Å². The van der Waals surface area contributed by atoms with Crippen molar-refractivity contribution in [3.05, 3.63) is 228 Å². The predicted molar refractivity (Wildman–Crippen MR) is 259 cm³/mol. The molecule has 3 heterocycles. The van der Waals surface area contributed by atoms with Crippen LogP contribution in [0.2, 0.25) is 0 Å². The Labute approximate surface area is 365 Å². The number of nitrogens with zero attached hydrogens (tertiary/aromatic N) is 2. The third-order valence-corrected chi connectivity index (χ3v) is 13.6. The molecule has 0 amide bonds. The second-order valence-electron chi connectivity index (χ2n) is 18.0. The van der Waals surface area contributed by atoms with Crippen molar-refractivity contribution in [2.75, 3.05) is 4.90 Å². The van der Waals surface area contributed by atoms with E-state index in [0.29, 0.717) is 0 Å². The van der Waals surface area contributed by atoms with E-state index in [0.717, 1.165) is 72.8 Å². The highest BCUT2D eigenvalue weighted by Gasteiger charge is 2.52. The number of anilines is 3. The molecule has 0 unspecified atom stereocenters. The van der Waals surface area contributed by atoms with Gasteiger partial charge >= 0.3 is 0 Å². The van der Waals surface area contributed by atoms with Crippen LogP contribution in [0.15, 0.2) is 205 Å². The molecule has 63 heavy (non-hydrogen) atoms. The van der Waals surface area contributed by atoms with Crippen molar-refractivity contribution >= 4 is 60.8 Å². The average Bonchev–Trinajstić information content (AvgIpc) is 3.96. The van der Waals surface area contributed by atoms with Crippen LogP contribution in [0.3, 0.4) is 0 Å². The van der Waals surface area contributed by atoms with E-state index in [2.05, 4.69) is 230 Å². The van der Waals surface area contributed by atoms with Gasteiger partial charge in [-0.05, 0) is 100.0 Å². The lowest BCUT2D eigenvalue weighted by Gasteiger charge is -2.39. The molecule has 0 radical (unpaired) electrons. The molecular weight excluding hydrogens is 769 g/mol. The van der Waals surface area contributed by atoms with Crippen molar-refractivity contribution in [3.8, 4) is 28.3 Å². The maximum Gasteiger partial charge on any atom is 0.160 e. The number of benzene rings is 9. The van der Waals surface area contributed by atoms with Crippen LogP contribution in [0, 0.1) is 0 Å². The fourth-order valence-electron chi connectivity index (χ4n) is 10.9. The molecule has 0 atom stereocenters. The summed E-state index contributed by atoms with van der Waals surface area (Å²) in [5.74, 6) is 1.73. The van der Waals surface area contributed by atoms with Crippen molar-refractivity contribution in [1.82, 2.24) is 4.57 Å². The van der Waals surface area contributed by atoms with Crippen molar-refractivity contribution in [2.45, 2.75) is 31.6 Å². The lowest BCUT2D eigenvalue weighted by molar-refractivity contribution is 0.436. The lowest BCUT2D eigenvalue weighted by atomic mass is 9.66. The lowest BCUT2D eigenvalue weighted by Crippen LogP contribution is -2.32. The van der Waals surface area contributed by atoms with E-state index in [9.17, 15) is 0 Å². The van der Waals surface area contributed by atoms with Crippen LogP contribution < -0.4 is 9.64 Å². The molecule has 0 fully saturated rings. The van der Waals surface area contributed by atoms with Crippen LogP contribution in [0.1, 0.15) is 48.6 Å². The van der Waals surface area contributed by atoms with Crippen molar-refractivity contribution in [2.24, 2.45) is 0 Å². The van der Waals surface area contributed by atoms with Gasteiger partial charge in [-0.25, -0.2) is 0 Å². The number of aromatic nitrogens is 1. The van der Waals surface area contributed by atoms with Crippen molar-refractivity contribution in [1.29, 1.82) is 0 Å². The van der Waals surface area contributed by atoms with E-state index >= 15 is 0 Å². The Morgan fingerprint density at radius 1 is 0.492 bits per heavy atom. The Kier molecular flexibility index (Phi) is 7.46. The fourth-order valence-corrected chi connectivity index (χ4v) is 10.9. The van der Waals surface area contributed by atoms with Gasteiger partial charge in [0.15, 0.2) is 5.58 Å². The Balaban J connectivity index is 1.19. The van der Waals surface area contributed by atoms with Gasteiger partial charge in [0.25, 0.3) is 0 Å². The van der Waals surface area contributed by atoms with Crippen molar-refractivity contribution in [3.63, 3.8) is 0 Å². The number of para-hydroxylation sites is 5. The molecule has 11 aromatic rings. The molecule has 2 aliphatic rings. The van der Waals surface area contributed by atoms with E-state index in [1.807, 2.05) is 0 Å². The molecule has 4 heteroatoms. The largest absolute Gasteiger partial charge is 0.457 e. The monoisotopic (exact) mass is 810 g/mol. The Hall–Kier alpha value is -7.82. The molecular formula is C59H42N2O2. The minimum absolute atomic E-state index is 0.0134. The molecule has 13 rings (SSSR count). The summed E-state index contributed by atoms with van der Waals surface area (Å²) in [5, 5.41) is 4.63. The number of hydrogen-bond acceptors (Lipinski definition) is 3. The van der Waals surface area contributed by atoms with Gasteiger partial charge in [-0.1, -0.05) is 154 Å². The van der Waals surface area contributed by atoms with E-state index in [-0.39, 0.29) is 5.41 Å². The number of furan rings is 1. The normalized spacial score (nSPS) is 13.6. The summed E-state index contributed by atoms with van der Waals surface area (Å²) >= 11 is 0. The Bertz CT molecular complexity index is 3600. The zero-order valence-electron chi connectivity index (χ0n) is 35.3. The molecule has 1 aliphatic carbocycles. The van der Waals surface area contributed by atoms with Gasteiger partial charge < -0.3 is 18.6 Å². The van der Waals surface area contributed by atoms with Crippen LogP contribution in [0.25, 0.3) is 60.6 Å². The number of rotatable bonds is 4. The second kappa shape index (κ2) is 13.1. The minimum Gasteiger partial charge on any atom is -0.457 e. The number of fused-ring (bicyclic) bond motifs is 16. The second-order valence-corrected chi connectivity index (χ2v) is 18.0. The van der Waals surface area contributed by atoms with Crippen LogP contribution in [-0.4, -0.2) is 4.57 Å². The van der Waals surface area contributed by atoms with E-state index in [1.54, 1.807) is 0 Å². The molecule has 9 aromatic carbocycles. The van der Waals surface area contributed by atoms with Gasteiger partial charge in [-0.3, -0.25) is 0 Å². The molecule has 0 saturated heterocycles. The van der Waals surface area contributed by atoms with Gasteiger partial charge in [0, 0.05) is 49.7 Å². The molecule has 1 spiro atoms. The Morgan fingerprint density at radius 2 is 1.10 bits per heavy atom. The number of ether oxygens (including phenoxy) is 1. The summed E-state index contributed by atoms with van der Waals surface area (Å²) in [6.07, 6.45) is 0. The minimum atomic E-state index is -0.676. The smallest absolute Gasteiger partial charge is 0.160 e. The van der Waals surface area contributed by atoms with Gasteiger partial charge in [0.1, 0.15) is 17.1 Å². The van der Waals surface area contributed by atoms with Crippen molar-refractivity contribution < 1.29 is 9.15 Å². The van der Waals surface area contributed by atoms with Crippen LogP contribution in [0.4, 0.5) is 17.1 Å². The zero-order chi connectivity index (χ0) is 42.0. The first kappa shape index (κ1) is 35.9. The molecule has 0 N–H and O–H groups in total. The summed E-state index contributed by atoms with van der Waals surface area (Å²) < 4.78 is 16.4. The predicted octanol–water partition coefficient (Wildman–Crippen LogP) is 15.9. The Morgan fingerprint density at radius 3 is 1.84 bits per heavy atom. The first-order valence-electron chi connectivity index (χ1n) is 21.8. The average molecular weight is 811 g/mol. The summed E-state index contributed by atoms with van der Waals surface area (Å²) in [6.45, 7) is 6.82. The molecule has 300 valence electrons. The molecule has 1 aliphatic heterocycles. The third-order valence-electron chi connectivity index (χ3n) is 13.6. The fraction of sp³-hybridized carbons (Fsp3) is 0.0847. The quantitative estimate of drug-likeness (QED) is 0.177. The van der Waals surface area contributed by atoms with E-state index in [4.69, 9.17) is 9.15 Å². The van der Waals surface area contributed by atoms with Gasteiger partial charge in [0.2, 0.25) is 0 Å². The zero-order valence-corrected chi connectivity index (χ0v) is 35.3. The third kappa shape index (κ3) is 4.98. The highest BCUT2D eigenvalue weighted by Crippen LogP contribution is 2.65. The topological polar surface area (TPSA) is 30.5 Å². The maximum absolute atomic E-state index is 7.20. The van der Waals surface area contributed by atoms with E-state index in [1.165, 1.54) is 44.1 Å². The highest BCUT2D eigenvalue weighted by atomic mass is 16.5. The summed E-state index contributed by atoms with van der Waals surface area (Å²) in [7, 11) is 0. The summed E-state index contributed by atoms with van der Waals surface area (Å²) in [6, 6.07) is 72.7. The standard InChI is InChI=1S/C59H42N2O2/c1-58(2,3)37-29-31-39(32-30-37)60(40-33-34-42-41-19-8-13-25-49(41)61(50(42)35-40)38-17-5-4-6-18-38)51-36-48-55(56-44-21-9-14-26-52(44)63-57(51)56)43-20-7-10-22-45(43)59(48)46-23-11-15-27-53(46)62-54-28-16-12-24-47(54)59/h4-36H,1-3H3. The first-order chi connectivity index (χ1) is 30.9. The molecule has 2 aromatic heterocycles.